The van der Waals surface area contributed by atoms with Crippen molar-refractivity contribution in [3.8, 4) is 0 Å². The van der Waals surface area contributed by atoms with Gasteiger partial charge in [0.05, 0.1) is 5.52 Å². The Kier molecular flexibility index (Phi) is 3.97. The highest BCUT2D eigenvalue weighted by atomic mass is 19.4. The predicted octanol–water partition coefficient (Wildman–Crippen LogP) is 3.51. The number of piperazine rings is 1. The number of rotatable bonds is 3. The minimum atomic E-state index is -4.40. The summed E-state index contributed by atoms with van der Waals surface area (Å²) in [5.41, 5.74) is 0.892. The molecule has 0 aliphatic carbocycles. The molecule has 2 aliphatic heterocycles. The van der Waals surface area contributed by atoms with Crippen LogP contribution >= 0.6 is 0 Å². The van der Waals surface area contributed by atoms with Gasteiger partial charge in [0.2, 0.25) is 0 Å². The molecule has 5 nitrogen and oxygen atoms in total. The van der Waals surface area contributed by atoms with E-state index in [1.165, 1.54) is 12.3 Å². The topological polar surface area (TPSA) is 45.2 Å². The van der Waals surface area contributed by atoms with Gasteiger partial charge in [-0.15, -0.1) is 0 Å². The van der Waals surface area contributed by atoms with Gasteiger partial charge >= 0.3 is 6.18 Å². The molecule has 2 atom stereocenters. The fourth-order valence-electron chi connectivity index (χ4n) is 4.34. The molecule has 2 aliphatic rings. The van der Waals surface area contributed by atoms with Gasteiger partial charge in [-0.2, -0.15) is 13.2 Å². The Morgan fingerprint density at radius 1 is 0.964 bits per heavy atom. The van der Waals surface area contributed by atoms with E-state index in [9.17, 15) is 13.2 Å². The Hall–Kier alpha value is -2.74. The monoisotopic (exact) mass is 385 g/mol. The number of alkyl halides is 3. The lowest BCUT2D eigenvalue weighted by Gasteiger charge is -2.35. The van der Waals surface area contributed by atoms with Gasteiger partial charge in [0.15, 0.2) is 0 Å². The lowest BCUT2D eigenvalue weighted by atomic mass is 10.2. The van der Waals surface area contributed by atoms with E-state index in [1.54, 1.807) is 6.33 Å². The van der Waals surface area contributed by atoms with E-state index < -0.39 is 11.9 Å². The molecule has 0 saturated carbocycles. The van der Waals surface area contributed by atoms with Gasteiger partial charge in [-0.1, -0.05) is 18.2 Å². The third-order valence-corrected chi connectivity index (χ3v) is 5.65. The molecule has 2 bridgehead atoms. The molecule has 8 heteroatoms. The fraction of sp³-hybridized carbons (Fsp3) is 0.350. The first-order valence-electron chi connectivity index (χ1n) is 9.21. The minimum Gasteiger partial charge on any atom is -0.350 e. The van der Waals surface area contributed by atoms with Gasteiger partial charge in [-0.3, -0.25) is 9.88 Å². The zero-order valence-electron chi connectivity index (χ0n) is 15.0. The maximum Gasteiger partial charge on any atom is 0.433 e. The summed E-state index contributed by atoms with van der Waals surface area (Å²) in [4.78, 5) is 17.1. The summed E-state index contributed by atoms with van der Waals surface area (Å²) < 4.78 is 38.0. The van der Waals surface area contributed by atoms with E-state index in [2.05, 4.69) is 24.8 Å². The normalized spacial score (nSPS) is 22.3. The number of benzene rings is 1. The highest BCUT2D eigenvalue weighted by Gasteiger charge is 2.44. The van der Waals surface area contributed by atoms with Gasteiger partial charge in [0, 0.05) is 43.3 Å². The van der Waals surface area contributed by atoms with Crippen LogP contribution in [0.25, 0.3) is 10.9 Å². The van der Waals surface area contributed by atoms with Gasteiger partial charge in [-0.05, 0) is 30.2 Å². The quantitative estimate of drug-likeness (QED) is 0.691. The number of hydrogen-bond donors (Lipinski definition) is 0. The molecule has 2 saturated heterocycles. The summed E-state index contributed by atoms with van der Waals surface area (Å²) in [7, 11) is 0. The molecular formula is C20H18F3N5. The number of hydrogen-bond acceptors (Lipinski definition) is 5. The van der Waals surface area contributed by atoms with Crippen LogP contribution in [0.5, 0.6) is 0 Å². The van der Waals surface area contributed by atoms with Crippen LogP contribution in [0, 0.1) is 0 Å². The summed E-state index contributed by atoms with van der Waals surface area (Å²) in [5, 5.41) is 1.05. The van der Waals surface area contributed by atoms with E-state index in [0.717, 1.165) is 47.9 Å². The number of aromatic nitrogens is 3. The summed E-state index contributed by atoms with van der Waals surface area (Å²) in [5.74, 6) is 0.967. The largest absolute Gasteiger partial charge is 0.433 e. The second kappa shape index (κ2) is 6.41. The molecule has 28 heavy (non-hydrogen) atoms. The Balaban J connectivity index is 1.31. The van der Waals surface area contributed by atoms with Crippen LogP contribution in [0.2, 0.25) is 0 Å². The molecule has 144 valence electrons. The molecular weight excluding hydrogens is 367 g/mol. The highest BCUT2D eigenvalue weighted by molar-refractivity contribution is 5.89. The smallest absolute Gasteiger partial charge is 0.350 e. The summed E-state index contributed by atoms with van der Waals surface area (Å²) in [6, 6.07) is 11.3. The molecule has 0 amide bonds. The second-order valence-electron chi connectivity index (χ2n) is 7.39. The van der Waals surface area contributed by atoms with Gasteiger partial charge in [-0.25, -0.2) is 9.97 Å². The Morgan fingerprint density at radius 3 is 2.54 bits per heavy atom. The molecule has 0 spiro atoms. The van der Waals surface area contributed by atoms with Crippen molar-refractivity contribution in [2.75, 3.05) is 18.0 Å². The van der Waals surface area contributed by atoms with Crippen LogP contribution in [0.1, 0.15) is 17.7 Å². The van der Waals surface area contributed by atoms with E-state index in [0.29, 0.717) is 18.6 Å². The zero-order chi connectivity index (χ0) is 19.3. The third-order valence-electron chi connectivity index (χ3n) is 5.65. The Morgan fingerprint density at radius 2 is 1.82 bits per heavy atom. The van der Waals surface area contributed by atoms with E-state index in [-0.39, 0.29) is 0 Å². The summed E-state index contributed by atoms with van der Waals surface area (Å²) in [6.45, 7) is 2.34. The fourth-order valence-corrected chi connectivity index (χ4v) is 4.34. The molecule has 2 unspecified atom stereocenters. The van der Waals surface area contributed by atoms with Crippen molar-refractivity contribution in [2.45, 2.75) is 31.2 Å². The van der Waals surface area contributed by atoms with Crippen LogP contribution in [0.15, 0.2) is 48.9 Å². The van der Waals surface area contributed by atoms with Crippen molar-refractivity contribution in [1.29, 1.82) is 0 Å². The molecule has 0 radical (unpaired) electrons. The van der Waals surface area contributed by atoms with Crippen LogP contribution in [-0.4, -0.2) is 45.0 Å². The predicted molar refractivity (Wildman–Crippen MR) is 98.7 cm³/mol. The first-order valence-corrected chi connectivity index (χ1v) is 9.21. The SMILES string of the molecule is FC(F)(F)c1ccc(CN2CC3CC2CN3c2ncnc3ccccc23)cn1. The van der Waals surface area contributed by atoms with E-state index in [4.69, 9.17) is 0 Å². The number of fused-ring (bicyclic) bond motifs is 3. The van der Waals surface area contributed by atoms with Crippen LogP contribution < -0.4 is 4.90 Å². The number of pyridine rings is 1. The van der Waals surface area contributed by atoms with Crippen molar-refractivity contribution in [2.24, 2.45) is 0 Å². The van der Waals surface area contributed by atoms with Crippen LogP contribution in [-0.2, 0) is 12.7 Å². The first-order chi connectivity index (χ1) is 13.5. The molecule has 3 aromatic rings. The number of likely N-dealkylation sites (tertiary alicyclic amines) is 1. The average Bonchev–Trinajstić information content (AvgIpc) is 3.27. The van der Waals surface area contributed by atoms with Crippen molar-refractivity contribution in [1.82, 2.24) is 19.9 Å². The zero-order valence-corrected chi connectivity index (χ0v) is 15.0. The second-order valence-corrected chi connectivity index (χ2v) is 7.39. The average molecular weight is 385 g/mol. The van der Waals surface area contributed by atoms with Crippen LogP contribution in [0.3, 0.4) is 0 Å². The molecule has 0 N–H and O–H groups in total. The Labute approximate surface area is 159 Å². The molecule has 5 rings (SSSR count). The molecule has 1 aromatic carbocycles. The maximum absolute atomic E-state index is 12.7. The van der Waals surface area contributed by atoms with Crippen LogP contribution in [0.4, 0.5) is 19.0 Å². The summed E-state index contributed by atoms with van der Waals surface area (Å²) in [6.07, 6.45) is -0.418. The molecule has 2 fully saturated rings. The van der Waals surface area contributed by atoms with Gasteiger partial charge in [0.1, 0.15) is 17.8 Å². The number of para-hydroxylation sites is 1. The van der Waals surface area contributed by atoms with Gasteiger partial charge in [0.25, 0.3) is 0 Å². The summed E-state index contributed by atoms with van der Waals surface area (Å²) >= 11 is 0. The van der Waals surface area contributed by atoms with Crippen molar-refractivity contribution in [3.63, 3.8) is 0 Å². The minimum absolute atomic E-state index is 0.353. The lowest BCUT2D eigenvalue weighted by molar-refractivity contribution is -0.141. The number of anilines is 1. The van der Waals surface area contributed by atoms with Crippen molar-refractivity contribution < 1.29 is 13.2 Å². The standard InChI is InChI=1S/C20H18F3N5/c21-20(22,23)18-6-5-13(8-24-18)9-27-10-15-7-14(27)11-28(15)19-16-3-1-2-4-17(16)25-12-26-19/h1-6,8,12,14-15H,7,9-11H2. The van der Waals surface area contributed by atoms with E-state index in [1.807, 2.05) is 24.3 Å². The van der Waals surface area contributed by atoms with Gasteiger partial charge < -0.3 is 4.90 Å². The van der Waals surface area contributed by atoms with Crippen molar-refractivity contribution >= 4 is 16.7 Å². The van der Waals surface area contributed by atoms with E-state index >= 15 is 0 Å². The molecule has 2 aromatic heterocycles. The van der Waals surface area contributed by atoms with Crippen molar-refractivity contribution in [3.05, 3.63) is 60.2 Å². The number of halogens is 3. The maximum atomic E-state index is 12.7. The third kappa shape index (κ3) is 2.97. The first kappa shape index (κ1) is 17.4. The lowest BCUT2D eigenvalue weighted by Crippen LogP contribution is -2.46. The number of nitrogens with zero attached hydrogens (tertiary/aromatic N) is 5. The Bertz CT molecular complexity index is 999. The highest BCUT2D eigenvalue weighted by Crippen LogP contribution is 2.37. The molecule has 4 heterocycles.